The molecule has 0 radical (unpaired) electrons. The number of thiophene rings is 1. The van der Waals surface area contributed by atoms with E-state index in [-0.39, 0.29) is 29.4 Å². The van der Waals surface area contributed by atoms with Gasteiger partial charge in [0.15, 0.2) is 0 Å². The Morgan fingerprint density at radius 3 is 2.75 bits per heavy atom. The van der Waals surface area contributed by atoms with E-state index in [1.807, 2.05) is 0 Å². The van der Waals surface area contributed by atoms with Gasteiger partial charge in [0.2, 0.25) is 10.0 Å². The molecule has 1 unspecified atom stereocenters. The fourth-order valence-electron chi connectivity index (χ4n) is 1.57. The van der Waals surface area contributed by atoms with Crippen LogP contribution in [0.25, 0.3) is 0 Å². The van der Waals surface area contributed by atoms with Gasteiger partial charge in [-0.15, -0.1) is 11.3 Å². The number of hydrogen-bond donors (Lipinski definition) is 2. The Morgan fingerprint density at radius 1 is 1.50 bits per heavy atom. The summed E-state index contributed by atoms with van der Waals surface area (Å²) in [4.78, 5) is 11.4. The number of carbonyl (C=O) groups is 1. The molecule has 1 rings (SSSR count). The number of methoxy groups -OCH3 is 2. The Hall–Kier alpha value is -1.00. The molecule has 0 aromatic carbocycles. The molecule has 0 bridgehead atoms. The first kappa shape index (κ1) is 17.1. The second-order valence-electron chi connectivity index (χ2n) is 3.89. The summed E-state index contributed by atoms with van der Waals surface area (Å²) in [5.74, 6) is -0.703. The van der Waals surface area contributed by atoms with Crippen LogP contribution in [0.5, 0.6) is 0 Å². The molecule has 0 spiro atoms. The third kappa shape index (κ3) is 4.25. The maximum absolute atomic E-state index is 12.2. The normalized spacial score (nSPS) is 13.2. The van der Waals surface area contributed by atoms with Crippen molar-refractivity contribution in [3.8, 4) is 0 Å². The number of aliphatic hydroxyl groups is 1. The molecule has 1 aromatic rings. The van der Waals surface area contributed by atoms with Crippen molar-refractivity contribution in [3.05, 3.63) is 16.3 Å². The number of sulfonamides is 1. The Kier molecular flexibility index (Phi) is 6.56. The van der Waals surface area contributed by atoms with Crippen LogP contribution in [0.1, 0.15) is 16.1 Å². The first-order chi connectivity index (χ1) is 9.46. The van der Waals surface area contributed by atoms with Crippen LogP contribution in [0.3, 0.4) is 0 Å². The lowest BCUT2D eigenvalue weighted by Crippen LogP contribution is -2.39. The van der Waals surface area contributed by atoms with Crippen LogP contribution in [0.4, 0.5) is 0 Å². The van der Waals surface area contributed by atoms with Crippen LogP contribution >= 0.6 is 11.3 Å². The molecule has 114 valence electrons. The molecule has 0 fully saturated rings. The summed E-state index contributed by atoms with van der Waals surface area (Å²) >= 11 is 0.989. The van der Waals surface area contributed by atoms with Gasteiger partial charge in [0.1, 0.15) is 9.77 Å². The molecule has 0 aliphatic carbocycles. The fourth-order valence-corrected chi connectivity index (χ4v) is 4.16. The van der Waals surface area contributed by atoms with Gasteiger partial charge in [0.25, 0.3) is 0 Å². The topological polar surface area (TPSA) is 102 Å². The van der Waals surface area contributed by atoms with Crippen LogP contribution in [-0.2, 0) is 19.5 Å². The second-order valence-corrected chi connectivity index (χ2v) is 6.49. The van der Waals surface area contributed by atoms with Crippen LogP contribution in [0, 0.1) is 0 Å². The van der Waals surface area contributed by atoms with Gasteiger partial charge in [0.05, 0.1) is 13.7 Å². The van der Waals surface area contributed by atoms with Gasteiger partial charge in [-0.25, -0.2) is 17.9 Å². The van der Waals surface area contributed by atoms with E-state index < -0.39 is 22.0 Å². The van der Waals surface area contributed by atoms with E-state index in [1.54, 1.807) is 0 Å². The Labute approximate surface area is 121 Å². The molecule has 0 amide bonds. The molecular weight excluding hydrogens is 306 g/mol. The maximum Gasteiger partial charge on any atom is 0.349 e. The van der Waals surface area contributed by atoms with Gasteiger partial charge in [-0.2, -0.15) is 0 Å². The quantitative estimate of drug-likeness (QED) is 0.663. The minimum absolute atomic E-state index is 0.0140. The minimum atomic E-state index is -3.88. The van der Waals surface area contributed by atoms with Crippen LogP contribution < -0.4 is 4.72 Å². The number of hydrogen-bond acceptors (Lipinski definition) is 7. The predicted molar refractivity (Wildman–Crippen MR) is 73.3 cm³/mol. The summed E-state index contributed by atoms with van der Waals surface area (Å²) in [5.41, 5.74) is 0. The summed E-state index contributed by atoms with van der Waals surface area (Å²) in [6.45, 7) is -0.0540. The monoisotopic (exact) mass is 323 g/mol. The average Bonchev–Trinajstić information content (AvgIpc) is 2.88. The lowest BCUT2D eigenvalue weighted by molar-refractivity contribution is 0.0602. The smallest absolute Gasteiger partial charge is 0.349 e. The number of rotatable bonds is 8. The molecular formula is C11H17NO6S2. The van der Waals surface area contributed by atoms with Crippen molar-refractivity contribution in [2.45, 2.75) is 17.4 Å². The molecule has 7 nitrogen and oxygen atoms in total. The molecule has 1 atom stereocenters. The Bertz CT molecular complexity index is 533. The third-order valence-electron chi connectivity index (χ3n) is 2.46. The zero-order chi connectivity index (χ0) is 15.2. The molecule has 2 N–H and O–H groups in total. The average molecular weight is 323 g/mol. The van der Waals surface area contributed by atoms with Gasteiger partial charge in [0, 0.05) is 19.8 Å². The lowest BCUT2D eigenvalue weighted by Gasteiger charge is -2.16. The SMILES string of the molecule is COCC(CCO)NS(=O)(=O)c1ccsc1C(=O)OC. The van der Waals surface area contributed by atoms with E-state index in [9.17, 15) is 13.2 Å². The number of aliphatic hydroxyl groups excluding tert-OH is 1. The number of nitrogens with one attached hydrogen (secondary N) is 1. The zero-order valence-corrected chi connectivity index (χ0v) is 12.8. The van der Waals surface area contributed by atoms with E-state index in [0.29, 0.717) is 0 Å². The van der Waals surface area contributed by atoms with E-state index in [2.05, 4.69) is 9.46 Å². The molecule has 20 heavy (non-hydrogen) atoms. The highest BCUT2D eigenvalue weighted by Gasteiger charge is 2.27. The van der Waals surface area contributed by atoms with Gasteiger partial charge >= 0.3 is 5.97 Å². The third-order valence-corrected chi connectivity index (χ3v) is 5.04. The van der Waals surface area contributed by atoms with Crippen molar-refractivity contribution in [2.24, 2.45) is 0 Å². The number of ether oxygens (including phenoxy) is 2. The number of esters is 1. The van der Waals surface area contributed by atoms with Gasteiger partial charge < -0.3 is 14.6 Å². The van der Waals surface area contributed by atoms with E-state index in [0.717, 1.165) is 11.3 Å². The van der Waals surface area contributed by atoms with Crippen molar-refractivity contribution >= 4 is 27.3 Å². The summed E-state index contributed by atoms with van der Waals surface area (Å²) in [6, 6.07) is 0.766. The first-order valence-corrected chi connectivity index (χ1v) is 8.10. The predicted octanol–water partition coefficient (Wildman–Crippen LogP) is 0.210. The molecule has 1 heterocycles. The van der Waals surface area contributed by atoms with Crippen LogP contribution in [0.2, 0.25) is 0 Å². The molecule has 0 saturated carbocycles. The summed E-state index contributed by atoms with van der Waals surface area (Å²) in [6.07, 6.45) is 0.213. The highest BCUT2D eigenvalue weighted by atomic mass is 32.2. The molecule has 0 aliphatic rings. The molecule has 0 aliphatic heterocycles. The van der Waals surface area contributed by atoms with Gasteiger partial charge in [-0.05, 0) is 17.9 Å². The second kappa shape index (κ2) is 7.70. The lowest BCUT2D eigenvalue weighted by atomic mass is 10.2. The largest absolute Gasteiger partial charge is 0.465 e. The number of carbonyl (C=O) groups excluding carboxylic acids is 1. The minimum Gasteiger partial charge on any atom is -0.465 e. The molecule has 0 saturated heterocycles. The van der Waals surface area contributed by atoms with Crippen molar-refractivity contribution in [1.82, 2.24) is 4.72 Å². The summed E-state index contributed by atoms with van der Waals surface area (Å²) < 4.78 is 36.3. The zero-order valence-electron chi connectivity index (χ0n) is 11.2. The molecule has 9 heteroatoms. The highest BCUT2D eigenvalue weighted by molar-refractivity contribution is 7.89. The van der Waals surface area contributed by atoms with E-state index in [4.69, 9.17) is 9.84 Å². The first-order valence-electron chi connectivity index (χ1n) is 5.74. The van der Waals surface area contributed by atoms with Crippen molar-refractivity contribution in [1.29, 1.82) is 0 Å². The van der Waals surface area contributed by atoms with Crippen LogP contribution in [-0.4, -0.2) is 53.0 Å². The fraction of sp³-hybridized carbons (Fsp3) is 0.545. The summed E-state index contributed by atoms with van der Waals surface area (Å²) in [5, 5.41) is 10.4. The standard InChI is InChI=1S/C11H17NO6S2/c1-17-7-8(3-5-13)12-20(15,16)9-4-6-19-10(9)11(14)18-2/h4,6,8,12-13H,3,5,7H2,1-2H3. The molecule has 1 aromatic heterocycles. The highest BCUT2D eigenvalue weighted by Crippen LogP contribution is 2.23. The maximum atomic E-state index is 12.2. The van der Waals surface area contributed by atoms with Crippen molar-refractivity contribution < 1.29 is 27.8 Å². The van der Waals surface area contributed by atoms with Gasteiger partial charge in [-0.1, -0.05) is 0 Å². The summed E-state index contributed by atoms with van der Waals surface area (Å²) in [7, 11) is -1.26. The van der Waals surface area contributed by atoms with Crippen molar-refractivity contribution in [2.75, 3.05) is 27.4 Å². The van der Waals surface area contributed by atoms with Crippen LogP contribution in [0.15, 0.2) is 16.3 Å². The van der Waals surface area contributed by atoms with E-state index >= 15 is 0 Å². The van der Waals surface area contributed by atoms with E-state index in [1.165, 1.54) is 25.7 Å². The van der Waals surface area contributed by atoms with Crippen molar-refractivity contribution in [3.63, 3.8) is 0 Å². The Balaban J connectivity index is 2.98. The Morgan fingerprint density at radius 2 is 2.20 bits per heavy atom. The van der Waals surface area contributed by atoms with Gasteiger partial charge in [-0.3, -0.25) is 0 Å².